The molecule has 0 saturated carbocycles. The molecular formula is C6H4O2. The van der Waals surface area contributed by atoms with E-state index < -0.39 is 0 Å². The molecule has 0 aliphatic heterocycles. The molecule has 1 rings (SSSR count). The molecule has 2 heteroatoms. The van der Waals surface area contributed by atoms with Gasteiger partial charge in [0, 0.05) is 0 Å². The van der Waals surface area contributed by atoms with Crippen LogP contribution in [-0.2, 0) is 0 Å². The fourth-order valence-corrected chi connectivity index (χ4v) is 0.432. The van der Waals surface area contributed by atoms with Crippen LogP contribution in [0.15, 0.2) is 16.5 Å². The van der Waals surface area contributed by atoms with Crippen molar-refractivity contribution in [3.63, 3.8) is 0 Å². The molecule has 0 atom stereocenters. The summed E-state index contributed by atoms with van der Waals surface area (Å²) in [5.41, 5.74) is 0.537. The molecule has 0 aliphatic carbocycles. The summed E-state index contributed by atoms with van der Waals surface area (Å²) in [7, 11) is 0. The first-order chi connectivity index (χ1) is 3.83. The molecule has 0 unspecified atom stereocenters. The molecule has 0 radical (unpaired) electrons. The number of hydrogen-bond donors (Lipinski definition) is 0. The van der Waals surface area contributed by atoms with E-state index in [1.165, 1.54) is 12.1 Å². The quantitative estimate of drug-likeness (QED) is 0.386. The first-order valence-corrected chi connectivity index (χ1v) is 2.13. The van der Waals surface area contributed by atoms with Crippen LogP contribution in [0.3, 0.4) is 0 Å². The second-order valence-corrected chi connectivity index (χ2v) is 1.36. The molecule has 0 spiro atoms. The highest BCUT2D eigenvalue weighted by Gasteiger charge is 1.85. The van der Waals surface area contributed by atoms with Gasteiger partial charge in [-0.3, -0.25) is 0 Å². The monoisotopic (exact) mass is 108 g/mol. The van der Waals surface area contributed by atoms with E-state index in [2.05, 4.69) is 4.42 Å². The second-order valence-electron chi connectivity index (χ2n) is 1.36. The molecule has 0 fully saturated rings. The molecule has 0 aromatic carbocycles. The summed E-state index contributed by atoms with van der Waals surface area (Å²) in [6.45, 7) is 5.13. The summed E-state index contributed by atoms with van der Waals surface area (Å²) >= 11 is 0. The van der Waals surface area contributed by atoms with Gasteiger partial charge in [0.1, 0.15) is 11.5 Å². The van der Waals surface area contributed by atoms with Crippen molar-refractivity contribution in [1.29, 1.82) is 0 Å². The summed E-state index contributed by atoms with van der Waals surface area (Å²) in [4.78, 5) is 0. The molecular weight excluding hydrogens is 104 g/mol. The third-order valence-electron chi connectivity index (χ3n) is 0.764. The van der Waals surface area contributed by atoms with E-state index >= 15 is 0 Å². The van der Waals surface area contributed by atoms with Crippen LogP contribution >= 0.6 is 0 Å². The third-order valence-corrected chi connectivity index (χ3v) is 0.764. The Morgan fingerprint density at radius 2 is 2.38 bits per heavy atom. The van der Waals surface area contributed by atoms with Gasteiger partial charge in [-0.1, -0.05) is 0 Å². The van der Waals surface area contributed by atoms with Crippen molar-refractivity contribution in [1.82, 2.24) is 0 Å². The number of hydrogen-bond acceptors (Lipinski definition) is 2. The van der Waals surface area contributed by atoms with Crippen molar-refractivity contribution < 1.29 is 9.52 Å². The van der Waals surface area contributed by atoms with Gasteiger partial charge in [-0.25, -0.2) is 0 Å². The Kier molecular flexibility index (Phi) is 1.03. The van der Waals surface area contributed by atoms with Crippen molar-refractivity contribution in [2.24, 2.45) is 0 Å². The molecule has 0 bridgehead atoms. The number of rotatable bonds is 0. The lowest BCUT2D eigenvalue weighted by molar-refractivity contribution is -0.230. The predicted molar refractivity (Wildman–Crippen MR) is 26.9 cm³/mol. The Balaban J connectivity index is 3.41. The molecule has 2 nitrogen and oxygen atoms in total. The smallest absolute Gasteiger partial charge is 0.346 e. The van der Waals surface area contributed by atoms with Crippen molar-refractivity contribution in [3.8, 4) is 0 Å². The van der Waals surface area contributed by atoms with E-state index in [0.29, 0.717) is 6.26 Å². The average molecular weight is 108 g/mol. The summed E-state index contributed by atoms with van der Waals surface area (Å²) in [5.74, 6) is 0. The second kappa shape index (κ2) is 1.68. The lowest BCUT2D eigenvalue weighted by atomic mass is 10.6. The number of furan rings is 1. The highest BCUT2D eigenvalue weighted by molar-refractivity contribution is 5.05. The largest absolute Gasteiger partial charge is 0.875 e. The first kappa shape index (κ1) is 4.88. The van der Waals surface area contributed by atoms with Crippen molar-refractivity contribution in [3.05, 3.63) is 23.0 Å². The van der Waals surface area contributed by atoms with Crippen LogP contribution in [0.5, 0.6) is 0 Å². The molecule has 0 saturated heterocycles. The van der Waals surface area contributed by atoms with Crippen molar-refractivity contribution in [2.45, 2.75) is 0 Å². The Labute approximate surface area is 46.4 Å². The van der Waals surface area contributed by atoms with Crippen LogP contribution < -0.4 is 15.9 Å². The van der Waals surface area contributed by atoms with Crippen molar-refractivity contribution in [2.75, 3.05) is 0 Å². The van der Waals surface area contributed by atoms with Gasteiger partial charge in [0.25, 0.3) is 0 Å². The van der Waals surface area contributed by atoms with Crippen LogP contribution in [0, 0.1) is 0 Å². The van der Waals surface area contributed by atoms with Gasteiger partial charge in [-0.05, 0) is 0 Å². The minimum absolute atomic E-state index is 0.266. The standard InChI is InChI=1S/C6H4O2/c1-5-2-3-6(4-7)8-5/h1-4H. The highest BCUT2D eigenvalue weighted by atomic mass is 16.3. The normalized spacial score (nSPS) is 12.1. The first-order valence-electron chi connectivity index (χ1n) is 2.13. The minimum atomic E-state index is 0.266. The Bertz CT molecular complexity index is 258. The summed E-state index contributed by atoms with van der Waals surface area (Å²) < 4.78 is 4.64. The van der Waals surface area contributed by atoms with E-state index in [1.807, 2.05) is 0 Å². The maximum Gasteiger partial charge on any atom is 0.346 e. The molecule has 8 heavy (non-hydrogen) atoms. The van der Waals surface area contributed by atoms with Crippen LogP contribution in [-0.4, -0.2) is 0 Å². The Hall–Kier alpha value is -1.27. The molecule has 1 aromatic rings. The van der Waals surface area contributed by atoms with Gasteiger partial charge in [-0.15, -0.1) is 6.26 Å². The highest BCUT2D eigenvalue weighted by Crippen LogP contribution is 1.61. The SMILES string of the molecule is [CH+]=c1ccc(=C[O-])o1. The van der Waals surface area contributed by atoms with E-state index in [-0.39, 0.29) is 10.8 Å². The molecule has 0 amide bonds. The van der Waals surface area contributed by atoms with Crippen LogP contribution in [0.4, 0.5) is 0 Å². The van der Waals surface area contributed by atoms with Gasteiger partial charge in [0.2, 0.25) is 0 Å². The van der Waals surface area contributed by atoms with Crippen molar-refractivity contribution >= 4 is 12.8 Å². The lowest BCUT2D eigenvalue weighted by Gasteiger charge is -1.78. The van der Waals surface area contributed by atoms with Gasteiger partial charge in [-0.2, -0.15) is 0 Å². The predicted octanol–water partition coefficient (Wildman–Crippen LogP) is -1.33. The van der Waals surface area contributed by atoms with E-state index in [4.69, 9.17) is 6.58 Å². The Morgan fingerprint density at radius 3 is 2.62 bits per heavy atom. The fraction of sp³-hybridized carbons (Fsp3) is 0. The summed E-state index contributed by atoms with van der Waals surface area (Å²) in [5, 5.41) is 9.87. The zero-order chi connectivity index (χ0) is 5.98. The molecule has 1 heterocycles. The molecule has 0 aliphatic rings. The molecule has 40 valence electrons. The maximum atomic E-state index is 9.87. The summed E-state index contributed by atoms with van der Waals surface area (Å²) in [6, 6.07) is 3.05. The zero-order valence-corrected chi connectivity index (χ0v) is 4.13. The van der Waals surface area contributed by atoms with Gasteiger partial charge >= 0.3 is 5.42 Å². The molecule has 1 aromatic heterocycles. The zero-order valence-electron chi connectivity index (χ0n) is 4.13. The van der Waals surface area contributed by atoms with Crippen LogP contribution in [0.1, 0.15) is 0 Å². The van der Waals surface area contributed by atoms with E-state index in [9.17, 15) is 5.11 Å². The van der Waals surface area contributed by atoms with E-state index in [0.717, 1.165) is 0 Å². The van der Waals surface area contributed by atoms with Gasteiger partial charge in [0.05, 0.1) is 12.6 Å². The third kappa shape index (κ3) is 0.695. The summed E-state index contributed by atoms with van der Waals surface area (Å²) in [6.07, 6.45) is 0.607. The lowest BCUT2D eigenvalue weighted by Crippen LogP contribution is -2.03. The minimum Gasteiger partial charge on any atom is -0.875 e. The van der Waals surface area contributed by atoms with Crippen LogP contribution in [0.2, 0.25) is 0 Å². The van der Waals surface area contributed by atoms with Gasteiger partial charge < -0.3 is 9.52 Å². The van der Waals surface area contributed by atoms with Crippen LogP contribution in [0.25, 0.3) is 12.8 Å². The van der Waals surface area contributed by atoms with Gasteiger partial charge in [0.15, 0.2) is 0 Å². The average Bonchev–Trinajstić information content (AvgIpc) is 2.14. The van der Waals surface area contributed by atoms with E-state index in [1.54, 1.807) is 0 Å². The topological polar surface area (TPSA) is 36.2 Å². The maximum absolute atomic E-state index is 9.87. The molecule has 0 N–H and O–H groups in total. The fourth-order valence-electron chi connectivity index (χ4n) is 0.432. The Morgan fingerprint density at radius 1 is 1.62 bits per heavy atom.